The molecule has 0 saturated carbocycles. The van der Waals surface area contributed by atoms with Crippen molar-refractivity contribution < 1.29 is 9.53 Å². The zero-order chi connectivity index (χ0) is 15.1. The largest absolute Gasteiger partial charge is 0.462 e. The number of nitrogens with zero attached hydrogens (tertiary/aromatic N) is 3. The van der Waals surface area contributed by atoms with E-state index in [0.29, 0.717) is 23.9 Å². The average Bonchev–Trinajstić information content (AvgIpc) is 2.96. The lowest BCUT2D eigenvalue weighted by atomic mass is 10.1. The molecule has 1 aliphatic heterocycles. The van der Waals surface area contributed by atoms with Crippen molar-refractivity contribution in [3.63, 3.8) is 0 Å². The van der Waals surface area contributed by atoms with E-state index in [2.05, 4.69) is 9.47 Å². The molecule has 21 heavy (non-hydrogen) atoms. The molecule has 0 fully saturated rings. The van der Waals surface area contributed by atoms with Gasteiger partial charge in [-0.2, -0.15) is 0 Å². The fraction of sp³-hybridized carbons (Fsp3) is 0.467. The van der Waals surface area contributed by atoms with E-state index in [1.54, 1.807) is 19.1 Å². The van der Waals surface area contributed by atoms with Crippen molar-refractivity contribution in [2.45, 2.75) is 25.9 Å². The fourth-order valence-electron chi connectivity index (χ4n) is 3.00. The topological polar surface area (TPSA) is 73.4 Å². The summed E-state index contributed by atoms with van der Waals surface area (Å²) in [5, 5.41) is 0. The number of fused-ring (bicyclic) bond motifs is 3. The summed E-state index contributed by atoms with van der Waals surface area (Å²) in [6.45, 7) is 3.03. The number of hydrogen-bond acceptors (Lipinski definition) is 5. The molecule has 6 heteroatoms. The van der Waals surface area contributed by atoms with Crippen molar-refractivity contribution >= 4 is 22.7 Å². The SMILES string of the molecule is CCOC(=O)c1cc(N)c2c(c1)nc1n2CC[C@@H]1N(C)C. The lowest BCUT2D eigenvalue weighted by Gasteiger charge is -2.16. The second kappa shape index (κ2) is 5.04. The first-order valence-electron chi connectivity index (χ1n) is 7.16. The first kappa shape index (κ1) is 13.9. The summed E-state index contributed by atoms with van der Waals surface area (Å²) in [6, 6.07) is 3.74. The van der Waals surface area contributed by atoms with E-state index in [4.69, 9.17) is 15.5 Å². The van der Waals surface area contributed by atoms with E-state index >= 15 is 0 Å². The third-order valence-electron chi connectivity index (χ3n) is 3.96. The predicted molar refractivity (Wildman–Crippen MR) is 81.1 cm³/mol. The second-order valence-corrected chi connectivity index (χ2v) is 5.54. The van der Waals surface area contributed by atoms with Crippen LogP contribution in [0.2, 0.25) is 0 Å². The quantitative estimate of drug-likeness (QED) is 0.688. The Labute approximate surface area is 123 Å². The van der Waals surface area contributed by atoms with Gasteiger partial charge >= 0.3 is 5.97 Å². The maximum atomic E-state index is 11.9. The molecular weight excluding hydrogens is 268 g/mol. The molecule has 2 heterocycles. The molecule has 0 saturated heterocycles. The molecule has 0 spiro atoms. The first-order valence-corrected chi connectivity index (χ1v) is 7.16. The molecule has 112 valence electrons. The normalized spacial score (nSPS) is 17.4. The minimum Gasteiger partial charge on any atom is -0.462 e. The van der Waals surface area contributed by atoms with E-state index in [1.165, 1.54) is 0 Å². The smallest absolute Gasteiger partial charge is 0.338 e. The van der Waals surface area contributed by atoms with Crippen LogP contribution in [-0.4, -0.2) is 41.1 Å². The number of anilines is 1. The van der Waals surface area contributed by atoms with Gasteiger partial charge in [0.05, 0.1) is 34.9 Å². The minimum absolute atomic E-state index is 0.294. The van der Waals surface area contributed by atoms with Crippen molar-refractivity contribution in [1.82, 2.24) is 14.5 Å². The molecule has 1 atom stereocenters. The van der Waals surface area contributed by atoms with Crippen LogP contribution >= 0.6 is 0 Å². The molecule has 3 rings (SSSR count). The molecule has 0 bridgehead atoms. The third-order valence-corrected chi connectivity index (χ3v) is 3.96. The summed E-state index contributed by atoms with van der Waals surface area (Å²) in [7, 11) is 4.10. The number of benzene rings is 1. The van der Waals surface area contributed by atoms with Crippen LogP contribution in [0.4, 0.5) is 5.69 Å². The molecule has 1 aromatic heterocycles. The minimum atomic E-state index is -0.358. The first-order chi connectivity index (χ1) is 10.0. The van der Waals surface area contributed by atoms with Crippen molar-refractivity contribution in [3.8, 4) is 0 Å². The van der Waals surface area contributed by atoms with Gasteiger partial charge in [0.25, 0.3) is 0 Å². The highest BCUT2D eigenvalue weighted by Crippen LogP contribution is 2.35. The van der Waals surface area contributed by atoms with E-state index < -0.39 is 0 Å². The summed E-state index contributed by atoms with van der Waals surface area (Å²) in [5.41, 5.74) is 8.87. The van der Waals surface area contributed by atoms with Crippen molar-refractivity contribution in [1.29, 1.82) is 0 Å². The number of nitrogens with two attached hydrogens (primary N) is 1. The predicted octanol–water partition coefficient (Wildman–Crippen LogP) is 1.80. The number of ether oxygens (including phenoxy) is 1. The second-order valence-electron chi connectivity index (χ2n) is 5.54. The van der Waals surface area contributed by atoms with Crippen LogP contribution in [-0.2, 0) is 11.3 Å². The number of hydrogen-bond donors (Lipinski definition) is 1. The van der Waals surface area contributed by atoms with Crippen LogP contribution in [0.15, 0.2) is 12.1 Å². The Morgan fingerprint density at radius 1 is 1.52 bits per heavy atom. The maximum Gasteiger partial charge on any atom is 0.338 e. The lowest BCUT2D eigenvalue weighted by molar-refractivity contribution is 0.0526. The maximum absolute atomic E-state index is 11.9. The highest BCUT2D eigenvalue weighted by atomic mass is 16.5. The van der Waals surface area contributed by atoms with Crippen LogP contribution in [0.3, 0.4) is 0 Å². The number of carbonyl (C=O) groups excluding carboxylic acids is 1. The average molecular weight is 288 g/mol. The standard InChI is InChI=1S/C15H20N4O2/c1-4-21-15(20)9-7-10(16)13-11(8-9)17-14-12(18(2)3)5-6-19(13)14/h7-8,12H,4-6,16H2,1-3H3/t12-/m0/s1. The molecule has 6 nitrogen and oxygen atoms in total. The van der Waals surface area contributed by atoms with Gasteiger partial charge in [0.1, 0.15) is 5.82 Å². The number of imidazole rings is 1. The summed E-state index contributed by atoms with van der Waals surface area (Å²) in [6.07, 6.45) is 1.03. The van der Waals surface area contributed by atoms with E-state index in [0.717, 1.165) is 29.8 Å². The Hall–Kier alpha value is -2.08. The van der Waals surface area contributed by atoms with E-state index in [-0.39, 0.29) is 5.97 Å². The Balaban J connectivity index is 2.12. The van der Waals surface area contributed by atoms with Gasteiger partial charge in [0.2, 0.25) is 0 Å². The highest BCUT2D eigenvalue weighted by molar-refractivity contribution is 5.98. The van der Waals surface area contributed by atoms with Gasteiger partial charge in [-0.15, -0.1) is 0 Å². The van der Waals surface area contributed by atoms with E-state index in [1.807, 2.05) is 14.1 Å². The molecule has 2 N–H and O–H groups in total. The number of aryl methyl sites for hydroxylation is 1. The van der Waals surface area contributed by atoms with Gasteiger partial charge in [-0.25, -0.2) is 9.78 Å². The Morgan fingerprint density at radius 3 is 2.95 bits per heavy atom. The molecule has 0 unspecified atom stereocenters. The number of esters is 1. The van der Waals surface area contributed by atoms with Crippen LogP contribution in [0, 0.1) is 0 Å². The molecule has 0 amide bonds. The van der Waals surface area contributed by atoms with Crippen molar-refractivity contribution in [3.05, 3.63) is 23.5 Å². The van der Waals surface area contributed by atoms with E-state index in [9.17, 15) is 4.79 Å². The molecule has 0 aliphatic carbocycles. The van der Waals surface area contributed by atoms with Gasteiger partial charge in [-0.05, 0) is 39.6 Å². The zero-order valence-electron chi connectivity index (χ0n) is 12.6. The fourth-order valence-corrected chi connectivity index (χ4v) is 3.00. The van der Waals surface area contributed by atoms with Crippen LogP contribution in [0.5, 0.6) is 0 Å². The molecule has 1 aromatic carbocycles. The zero-order valence-corrected chi connectivity index (χ0v) is 12.6. The lowest BCUT2D eigenvalue weighted by Crippen LogP contribution is -2.18. The Kier molecular flexibility index (Phi) is 3.33. The Morgan fingerprint density at radius 2 is 2.29 bits per heavy atom. The Bertz CT molecular complexity index is 705. The van der Waals surface area contributed by atoms with Crippen LogP contribution in [0.25, 0.3) is 11.0 Å². The number of carbonyl (C=O) groups is 1. The third kappa shape index (κ3) is 2.15. The summed E-state index contributed by atoms with van der Waals surface area (Å²) >= 11 is 0. The highest BCUT2D eigenvalue weighted by Gasteiger charge is 2.29. The molecule has 0 radical (unpaired) electrons. The molecule has 2 aromatic rings. The summed E-state index contributed by atoms with van der Waals surface area (Å²) in [4.78, 5) is 18.7. The van der Waals surface area contributed by atoms with Crippen LogP contribution in [0.1, 0.15) is 35.6 Å². The summed E-state index contributed by atoms with van der Waals surface area (Å²) < 4.78 is 7.19. The van der Waals surface area contributed by atoms with Gasteiger partial charge < -0.3 is 15.0 Å². The van der Waals surface area contributed by atoms with Crippen molar-refractivity contribution in [2.24, 2.45) is 0 Å². The number of rotatable bonds is 3. The van der Waals surface area contributed by atoms with Gasteiger partial charge in [-0.1, -0.05) is 0 Å². The monoisotopic (exact) mass is 288 g/mol. The van der Waals surface area contributed by atoms with Crippen molar-refractivity contribution in [2.75, 3.05) is 26.4 Å². The van der Waals surface area contributed by atoms with Gasteiger partial charge in [-0.3, -0.25) is 4.90 Å². The van der Waals surface area contributed by atoms with Crippen LogP contribution < -0.4 is 5.73 Å². The molecular formula is C15H20N4O2. The summed E-state index contributed by atoms with van der Waals surface area (Å²) in [5.74, 6) is 0.658. The molecule has 1 aliphatic rings. The number of nitrogen functional groups attached to an aromatic ring is 1. The van der Waals surface area contributed by atoms with Gasteiger partial charge in [0, 0.05) is 6.54 Å². The van der Waals surface area contributed by atoms with Gasteiger partial charge in [0.15, 0.2) is 0 Å². The number of aromatic nitrogens is 2.